The minimum atomic E-state index is -0.720. The maximum atomic E-state index is 11.0. The maximum absolute atomic E-state index is 11.0. The van der Waals surface area contributed by atoms with Gasteiger partial charge in [-0.1, -0.05) is 0 Å². The Morgan fingerprint density at radius 3 is 3.13 bits per heavy atom. The Morgan fingerprint density at radius 2 is 2.53 bits per heavy atom. The third-order valence-corrected chi connectivity index (χ3v) is 3.10. The summed E-state index contributed by atoms with van der Waals surface area (Å²) in [5.41, 5.74) is 1.04. The van der Waals surface area contributed by atoms with E-state index in [2.05, 4.69) is 0 Å². The highest BCUT2D eigenvalue weighted by Gasteiger charge is 2.34. The highest BCUT2D eigenvalue weighted by Crippen LogP contribution is 2.29. The zero-order chi connectivity index (χ0) is 10.8. The Bertz CT molecular complexity index is 334. The van der Waals surface area contributed by atoms with Gasteiger partial charge < -0.3 is 9.52 Å². The van der Waals surface area contributed by atoms with Crippen LogP contribution in [-0.2, 0) is 4.79 Å². The van der Waals surface area contributed by atoms with Crippen molar-refractivity contribution in [2.75, 3.05) is 6.54 Å². The number of nitrogens with zero attached hydrogens (tertiary/aromatic N) is 1. The first kappa shape index (κ1) is 10.2. The number of hydrogen-bond donors (Lipinski definition) is 1. The SMILES string of the molecule is CC(c1ccoc1)N1CCCC1C(=O)O. The molecule has 1 aliphatic rings. The summed E-state index contributed by atoms with van der Waals surface area (Å²) < 4.78 is 5.02. The van der Waals surface area contributed by atoms with Crippen LogP contribution in [-0.4, -0.2) is 28.6 Å². The highest BCUT2D eigenvalue weighted by molar-refractivity contribution is 5.73. The number of likely N-dealkylation sites (tertiary alicyclic amines) is 1. The van der Waals surface area contributed by atoms with Crippen molar-refractivity contribution in [1.82, 2.24) is 4.90 Å². The normalized spacial score (nSPS) is 24.2. The predicted molar refractivity (Wildman–Crippen MR) is 54.5 cm³/mol. The van der Waals surface area contributed by atoms with Crippen molar-refractivity contribution in [2.45, 2.75) is 31.8 Å². The van der Waals surface area contributed by atoms with E-state index in [1.54, 1.807) is 12.5 Å². The van der Waals surface area contributed by atoms with Crippen molar-refractivity contribution in [1.29, 1.82) is 0 Å². The van der Waals surface area contributed by atoms with Crippen LogP contribution in [0.4, 0.5) is 0 Å². The number of furan rings is 1. The Morgan fingerprint density at radius 1 is 1.73 bits per heavy atom. The summed E-state index contributed by atoms with van der Waals surface area (Å²) >= 11 is 0. The molecule has 2 rings (SSSR count). The van der Waals surface area contributed by atoms with Gasteiger partial charge in [0.2, 0.25) is 0 Å². The van der Waals surface area contributed by atoms with Crippen LogP contribution in [0, 0.1) is 0 Å². The van der Waals surface area contributed by atoms with E-state index < -0.39 is 5.97 Å². The van der Waals surface area contributed by atoms with Gasteiger partial charge in [-0.2, -0.15) is 0 Å². The highest BCUT2D eigenvalue weighted by atomic mass is 16.4. The van der Waals surface area contributed by atoms with E-state index in [0.29, 0.717) is 0 Å². The largest absolute Gasteiger partial charge is 0.480 e. The summed E-state index contributed by atoms with van der Waals surface area (Å²) in [6, 6.07) is 1.67. The molecule has 2 heterocycles. The number of carboxylic acids is 1. The third-order valence-electron chi connectivity index (χ3n) is 3.10. The lowest BCUT2D eigenvalue weighted by molar-refractivity contribution is -0.142. The summed E-state index contributed by atoms with van der Waals surface area (Å²) in [5, 5.41) is 9.06. The molecule has 82 valence electrons. The van der Waals surface area contributed by atoms with Crippen LogP contribution in [0.3, 0.4) is 0 Å². The lowest BCUT2D eigenvalue weighted by atomic mass is 10.1. The molecule has 0 aliphatic carbocycles. The Kier molecular flexibility index (Phi) is 2.77. The van der Waals surface area contributed by atoms with Gasteiger partial charge in [0.25, 0.3) is 0 Å². The van der Waals surface area contributed by atoms with Gasteiger partial charge in [-0.3, -0.25) is 9.69 Å². The van der Waals surface area contributed by atoms with Crippen LogP contribution in [0.25, 0.3) is 0 Å². The number of carboxylic acid groups (broad SMARTS) is 1. The van der Waals surface area contributed by atoms with E-state index >= 15 is 0 Å². The summed E-state index contributed by atoms with van der Waals surface area (Å²) in [5.74, 6) is -0.720. The average Bonchev–Trinajstić information content (AvgIpc) is 2.88. The Balaban J connectivity index is 2.13. The molecule has 0 saturated carbocycles. The molecule has 1 aromatic heterocycles. The van der Waals surface area contributed by atoms with Crippen molar-refractivity contribution in [3.05, 3.63) is 24.2 Å². The summed E-state index contributed by atoms with van der Waals surface area (Å²) in [6.07, 6.45) is 5.01. The Hall–Kier alpha value is -1.29. The van der Waals surface area contributed by atoms with E-state index in [0.717, 1.165) is 24.9 Å². The fraction of sp³-hybridized carbons (Fsp3) is 0.545. The molecule has 0 spiro atoms. The molecule has 1 aliphatic heterocycles. The van der Waals surface area contributed by atoms with E-state index in [1.165, 1.54) is 0 Å². The smallest absolute Gasteiger partial charge is 0.320 e. The van der Waals surface area contributed by atoms with Crippen molar-refractivity contribution in [2.24, 2.45) is 0 Å². The maximum Gasteiger partial charge on any atom is 0.320 e. The quantitative estimate of drug-likeness (QED) is 0.825. The molecule has 4 heteroatoms. The van der Waals surface area contributed by atoms with Gasteiger partial charge in [0.15, 0.2) is 0 Å². The first-order valence-corrected chi connectivity index (χ1v) is 5.21. The monoisotopic (exact) mass is 209 g/mol. The van der Waals surface area contributed by atoms with E-state index in [1.807, 2.05) is 17.9 Å². The van der Waals surface area contributed by atoms with E-state index in [9.17, 15) is 4.79 Å². The number of hydrogen-bond acceptors (Lipinski definition) is 3. The lowest BCUT2D eigenvalue weighted by Gasteiger charge is -2.27. The first-order valence-electron chi connectivity index (χ1n) is 5.21. The second kappa shape index (κ2) is 4.06. The summed E-state index contributed by atoms with van der Waals surface area (Å²) in [7, 11) is 0. The zero-order valence-electron chi connectivity index (χ0n) is 8.72. The summed E-state index contributed by atoms with van der Waals surface area (Å²) in [4.78, 5) is 13.0. The fourth-order valence-corrected chi connectivity index (χ4v) is 2.22. The molecular weight excluding hydrogens is 194 g/mol. The van der Waals surface area contributed by atoms with Crippen LogP contribution in [0.1, 0.15) is 31.4 Å². The molecule has 1 fully saturated rings. The van der Waals surface area contributed by atoms with Gasteiger partial charge in [-0.05, 0) is 32.4 Å². The average molecular weight is 209 g/mol. The standard InChI is InChI=1S/C11H15NO3/c1-8(9-4-6-15-7-9)12-5-2-3-10(12)11(13)14/h4,6-8,10H,2-3,5H2,1H3,(H,13,14). The third kappa shape index (κ3) is 1.90. The van der Waals surface area contributed by atoms with Crippen LogP contribution >= 0.6 is 0 Å². The summed E-state index contributed by atoms with van der Waals surface area (Å²) in [6.45, 7) is 2.87. The fourth-order valence-electron chi connectivity index (χ4n) is 2.22. The number of carbonyl (C=O) groups is 1. The molecule has 0 radical (unpaired) electrons. The predicted octanol–water partition coefficient (Wildman–Crippen LogP) is 1.89. The van der Waals surface area contributed by atoms with Crippen molar-refractivity contribution < 1.29 is 14.3 Å². The molecule has 1 aromatic rings. The molecular formula is C11H15NO3. The molecule has 2 unspecified atom stereocenters. The minimum Gasteiger partial charge on any atom is -0.480 e. The van der Waals surface area contributed by atoms with Crippen LogP contribution in [0.2, 0.25) is 0 Å². The minimum absolute atomic E-state index is 0.118. The molecule has 0 amide bonds. The van der Waals surface area contributed by atoms with Gasteiger partial charge in [-0.15, -0.1) is 0 Å². The second-order valence-electron chi connectivity index (χ2n) is 3.97. The molecule has 2 atom stereocenters. The second-order valence-corrected chi connectivity index (χ2v) is 3.97. The molecule has 0 bridgehead atoms. The van der Waals surface area contributed by atoms with Gasteiger partial charge in [0.1, 0.15) is 6.04 Å². The van der Waals surface area contributed by atoms with Crippen LogP contribution in [0.15, 0.2) is 23.0 Å². The number of aliphatic carboxylic acids is 1. The van der Waals surface area contributed by atoms with Crippen molar-refractivity contribution >= 4 is 5.97 Å². The first-order chi connectivity index (χ1) is 7.20. The lowest BCUT2D eigenvalue weighted by Crippen LogP contribution is -2.37. The van der Waals surface area contributed by atoms with Crippen LogP contribution in [0.5, 0.6) is 0 Å². The molecule has 1 saturated heterocycles. The van der Waals surface area contributed by atoms with Gasteiger partial charge in [-0.25, -0.2) is 0 Å². The Labute approximate surface area is 88.5 Å². The van der Waals surface area contributed by atoms with Gasteiger partial charge >= 0.3 is 5.97 Å². The molecule has 4 nitrogen and oxygen atoms in total. The van der Waals surface area contributed by atoms with E-state index in [4.69, 9.17) is 9.52 Å². The molecule has 0 aromatic carbocycles. The molecule has 15 heavy (non-hydrogen) atoms. The topological polar surface area (TPSA) is 53.7 Å². The van der Waals surface area contributed by atoms with Gasteiger partial charge in [0, 0.05) is 11.6 Å². The number of rotatable bonds is 3. The van der Waals surface area contributed by atoms with Crippen LogP contribution < -0.4 is 0 Å². The van der Waals surface area contributed by atoms with Crippen molar-refractivity contribution in [3.8, 4) is 0 Å². The van der Waals surface area contributed by atoms with Crippen molar-refractivity contribution in [3.63, 3.8) is 0 Å². The van der Waals surface area contributed by atoms with E-state index in [-0.39, 0.29) is 12.1 Å². The molecule has 1 N–H and O–H groups in total. The van der Waals surface area contributed by atoms with Gasteiger partial charge in [0.05, 0.1) is 12.5 Å². The zero-order valence-corrected chi connectivity index (χ0v) is 8.72.